The van der Waals surface area contributed by atoms with Crippen LogP contribution in [0.3, 0.4) is 0 Å². The molecule has 122 valence electrons. The molecule has 0 N–H and O–H groups in total. The molecule has 0 aliphatic rings. The predicted molar refractivity (Wildman–Crippen MR) is 105 cm³/mol. The largest absolute Gasteiger partial charge is 0.457 e. The second-order valence-electron chi connectivity index (χ2n) is 6.62. The summed E-state index contributed by atoms with van der Waals surface area (Å²) in [5.74, 6) is 1.67. The molecule has 0 bridgehead atoms. The zero-order chi connectivity index (χ0) is 17.0. The minimum absolute atomic E-state index is 0.135. The fourth-order valence-corrected chi connectivity index (χ4v) is 2.72. The Morgan fingerprint density at radius 3 is 2.21 bits per heavy atom. The molecule has 0 aliphatic heterocycles. The van der Waals surface area contributed by atoms with E-state index in [-0.39, 0.29) is 4.75 Å². The predicted octanol–water partition coefficient (Wildman–Crippen LogP) is 6.50. The van der Waals surface area contributed by atoms with Crippen molar-refractivity contribution in [3.63, 3.8) is 0 Å². The first-order valence-electron chi connectivity index (χ1n) is 7.98. The van der Waals surface area contributed by atoms with Crippen LogP contribution in [0, 0.1) is 0 Å². The van der Waals surface area contributed by atoms with Gasteiger partial charge >= 0.3 is 0 Å². The van der Waals surface area contributed by atoms with Gasteiger partial charge in [0, 0.05) is 11.0 Å². The smallest absolute Gasteiger partial charge is 0.128 e. The SMILES string of the molecule is CC(C)(C)S/N=C/c1ccc(Oc2ccc3ccccc3c2)cc1. The van der Waals surface area contributed by atoms with Crippen LogP contribution in [0.15, 0.2) is 71.1 Å². The number of nitrogens with zero attached hydrogens (tertiary/aromatic N) is 1. The molecule has 2 nitrogen and oxygen atoms in total. The number of rotatable bonds is 4. The van der Waals surface area contributed by atoms with Crippen molar-refractivity contribution in [2.24, 2.45) is 4.40 Å². The van der Waals surface area contributed by atoms with Crippen molar-refractivity contribution < 1.29 is 4.74 Å². The molecule has 3 heteroatoms. The molecule has 0 aliphatic carbocycles. The van der Waals surface area contributed by atoms with Crippen molar-refractivity contribution in [1.82, 2.24) is 0 Å². The van der Waals surface area contributed by atoms with E-state index in [1.54, 1.807) is 11.9 Å². The summed E-state index contributed by atoms with van der Waals surface area (Å²) in [6.45, 7) is 6.44. The monoisotopic (exact) mass is 335 g/mol. The Morgan fingerprint density at radius 2 is 1.50 bits per heavy atom. The highest BCUT2D eigenvalue weighted by atomic mass is 32.2. The van der Waals surface area contributed by atoms with Crippen LogP contribution in [0.25, 0.3) is 10.8 Å². The summed E-state index contributed by atoms with van der Waals surface area (Å²) in [6.07, 6.45) is 1.88. The van der Waals surface area contributed by atoms with Crippen molar-refractivity contribution in [1.29, 1.82) is 0 Å². The maximum absolute atomic E-state index is 5.95. The van der Waals surface area contributed by atoms with E-state index in [0.717, 1.165) is 17.1 Å². The molecule has 0 radical (unpaired) electrons. The normalized spacial score (nSPS) is 12.0. The molecule has 0 aromatic heterocycles. The van der Waals surface area contributed by atoms with E-state index in [4.69, 9.17) is 4.74 Å². The summed E-state index contributed by atoms with van der Waals surface area (Å²) in [4.78, 5) is 0. The molecule has 0 saturated carbocycles. The van der Waals surface area contributed by atoms with Gasteiger partial charge in [-0.1, -0.05) is 30.3 Å². The minimum atomic E-state index is 0.135. The van der Waals surface area contributed by atoms with Gasteiger partial charge in [0.25, 0.3) is 0 Å². The lowest BCUT2D eigenvalue weighted by Gasteiger charge is -2.12. The molecule has 3 aromatic rings. The van der Waals surface area contributed by atoms with Crippen LogP contribution < -0.4 is 4.74 Å². The van der Waals surface area contributed by atoms with Crippen molar-refractivity contribution in [3.8, 4) is 11.5 Å². The van der Waals surface area contributed by atoms with Crippen molar-refractivity contribution >= 4 is 28.9 Å². The Morgan fingerprint density at radius 1 is 0.833 bits per heavy atom. The third-order valence-electron chi connectivity index (χ3n) is 3.37. The summed E-state index contributed by atoms with van der Waals surface area (Å²) in [6, 6.07) is 22.4. The summed E-state index contributed by atoms with van der Waals surface area (Å²) in [5.41, 5.74) is 1.07. The van der Waals surface area contributed by atoms with Crippen LogP contribution in [0.1, 0.15) is 26.3 Å². The summed E-state index contributed by atoms with van der Waals surface area (Å²) in [5, 5.41) is 2.39. The van der Waals surface area contributed by atoms with Gasteiger partial charge in [-0.3, -0.25) is 0 Å². The standard InChI is InChI=1S/C21H21NOS/c1-21(2,3)24-22-15-16-8-11-19(12-9-16)23-20-13-10-17-6-4-5-7-18(17)14-20/h4-15H,1-3H3/b22-15+. The van der Waals surface area contributed by atoms with E-state index in [0.29, 0.717) is 0 Å². The second-order valence-corrected chi connectivity index (χ2v) is 8.24. The highest BCUT2D eigenvalue weighted by molar-refractivity contribution is 7.99. The van der Waals surface area contributed by atoms with Crippen molar-refractivity contribution in [2.45, 2.75) is 25.5 Å². The third kappa shape index (κ3) is 4.62. The summed E-state index contributed by atoms with van der Waals surface area (Å²) >= 11 is 1.57. The lowest BCUT2D eigenvalue weighted by Crippen LogP contribution is -2.04. The van der Waals surface area contributed by atoms with Gasteiger partial charge < -0.3 is 4.74 Å². The van der Waals surface area contributed by atoms with Crippen molar-refractivity contribution in [3.05, 3.63) is 72.3 Å². The number of hydrogen-bond acceptors (Lipinski definition) is 3. The lowest BCUT2D eigenvalue weighted by atomic mass is 10.1. The highest BCUT2D eigenvalue weighted by Gasteiger charge is 2.08. The van der Waals surface area contributed by atoms with Crippen LogP contribution in [-0.4, -0.2) is 11.0 Å². The van der Waals surface area contributed by atoms with E-state index in [1.807, 2.05) is 48.7 Å². The Labute approximate surface area is 147 Å². The molecule has 0 unspecified atom stereocenters. The van der Waals surface area contributed by atoms with E-state index in [1.165, 1.54) is 10.8 Å². The first-order valence-corrected chi connectivity index (χ1v) is 8.75. The summed E-state index contributed by atoms with van der Waals surface area (Å²) < 4.78 is 10.5. The first kappa shape index (κ1) is 16.6. The van der Waals surface area contributed by atoms with Crippen molar-refractivity contribution in [2.75, 3.05) is 0 Å². The Hall–Kier alpha value is -2.26. The van der Waals surface area contributed by atoms with Gasteiger partial charge in [-0.15, -0.1) is 0 Å². The van der Waals surface area contributed by atoms with Crippen LogP contribution >= 0.6 is 11.9 Å². The molecular formula is C21H21NOS. The Kier molecular flexibility index (Phi) is 4.91. The Bertz CT molecular complexity index is 848. The quantitative estimate of drug-likeness (QED) is 0.401. The fourth-order valence-electron chi connectivity index (χ4n) is 2.23. The maximum atomic E-state index is 5.95. The topological polar surface area (TPSA) is 21.6 Å². The van der Waals surface area contributed by atoms with Gasteiger partial charge in [0.15, 0.2) is 0 Å². The van der Waals surface area contributed by atoms with Crippen LogP contribution in [0.2, 0.25) is 0 Å². The molecule has 0 amide bonds. The number of ether oxygens (including phenoxy) is 1. The maximum Gasteiger partial charge on any atom is 0.128 e. The van der Waals surface area contributed by atoms with Gasteiger partial charge in [0.05, 0.1) is 0 Å². The van der Waals surface area contributed by atoms with Crippen LogP contribution in [0.4, 0.5) is 0 Å². The molecule has 3 aromatic carbocycles. The zero-order valence-electron chi connectivity index (χ0n) is 14.2. The molecule has 0 saturated heterocycles. The van der Waals surface area contributed by atoms with Crippen LogP contribution in [-0.2, 0) is 0 Å². The Balaban J connectivity index is 1.69. The van der Waals surface area contributed by atoms with Gasteiger partial charge in [-0.05, 0) is 85.5 Å². The average Bonchev–Trinajstić information content (AvgIpc) is 2.55. The van der Waals surface area contributed by atoms with Gasteiger partial charge in [-0.25, -0.2) is 4.40 Å². The van der Waals surface area contributed by atoms with E-state index in [9.17, 15) is 0 Å². The average molecular weight is 335 g/mol. The molecule has 24 heavy (non-hydrogen) atoms. The van der Waals surface area contributed by atoms with Gasteiger partial charge in [0.1, 0.15) is 11.5 Å². The van der Waals surface area contributed by atoms with Gasteiger partial charge in [-0.2, -0.15) is 0 Å². The second kappa shape index (κ2) is 7.10. The van der Waals surface area contributed by atoms with E-state index >= 15 is 0 Å². The lowest BCUT2D eigenvalue weighted by molar-refractivity contribution is 0.483. The van der Waals surface area contributed by atoms with E-state index in [2.05, 4.69) is 49.4 Å². The first-order chi connectivity index (χ1) is 11.5. The molecule has 0 fully saturated rings. The molecule has 0 spiro atoms. The fraction of sp³-hybridized carbons (Fsp3) is 0.190. The molecular weight excluding hydrogens is 314 g/mol. The minimum Gasteiger partial charge on any atom is -0.457 e. The van der Waals surface area contributed by atoms with Gasteiger partial charge in [0.2, 0.25) is 0 Å². The van der Waals surface area contributed by atoms with E-state index < -0.39 is 0 Å². The molecule has 0 heterocycles. The highest BCUT2D eigenvalue weighted by Crippen LogP contribution is 2.26. The summed E-state index contributed by atoms with van der Waals surface area (Å²) in [7, 11) is 0. The molecule has 3 rings (SSSR count). The number of hydrogen-bond donors (Lipinski definition) is 0. The van der Waals surface area contributed by atoms with Crippen LogP contribution in [0.5, 0.6) is 11.5 Å². The number of benzene rings is 3. The molecule has 0 atom stereocenters. The zero-order valence-corrected chi connectivity index (χ0v) is 15.0. The number of fused-ring (bicyclic) bond motifs is 1. The third-order valence-corrected chi connectivity index (χ3v) is 4.12.